The molecule has 0 atom stereocenters. The van der Waals surface area contributed by atoms with Gasteiger partial charge in [0, 0.05) is 29.4 Å². The molecule has 0 unspecified atom stereocenters. The van der Waals surface area contributed by atoms with Crippen LogP contribution in [-0.4, -0.2) is 17.7 Å². The van der Waals surface area contributed by atoms with Gasteiger partial charge in [-0.25, -0.2) is 4.85 Å². The lowest BCUT2D eigenvalue weighted by Gasteiger charge is -2.29. The van der Waals surface area contributed by atoms with Crippen molar-refractivity contribution >= 4 is 16.6 Å². The van der Waals surface area contributed by atoms with E-state index in [9.17, 15) is 0 Å². The van der Waals surface area contributed by atoms with E-state index in [2.05, 4.69) is 72.2 Å². The van der Waals surface area contributed by atoms with Gasteiger partial charge in [-0.1, -0.05) is 24.3 Å². The van der Waals surface area contributed by atoms with Crippen molar-refractivity contribution in [2.45, 2.75) is 51.6 Å². The summed E-state index contributed by atoms with van der Waals surface area (Å²) >= 11 is 0. The van der Waals surface area contributed by atoms with Gasteiger partial charge in [0.25, 0.3) is 0 Å². The number of aryl methyl sites for hydroxylation is 1. The van der Waals surface area contributed by atoms with Crippen LogP contribution in [0.3, 0.4) is 0 Å². The molecule has 0 spiro atoms. The summed E-state index contributed by atoms with van der Waals surface area (Å²) in [6, 6.07) is 13.9. The predicted octanol–water partition coefficient (Wildman–Crippen LogP) is 6.18. The number of hydrogen-bond donors (Lipinski definition) is 1. The summed E-state index contributed by atoms with van der Waals surface area (Å²) in [7, 11) is 2.07. The monoisotopic (exact) mass is 357 g/mol. The average Bonchev–Trinajstić information content (AvgIpc) is 3.08. The molecule has 1 heterocycles. The molecule has 1 fully saturated rings. The van der Waals surface area contributed by atoms with E-state index in [1.165, 1.54) is 58.8 Å². The van der Waals surface area contributed by atoms with Crippen molar-refractivity contribution in [1.82, 2.24) is 9.88 Å². The molecule has 1 aliphatic carbocycles. The lowest BCUT2D eigenvalue weighted by molar-refractivity contribution is 0.305. The highest BCUT2D eigenvalue weighted by atomic mass is 15.0. The summed E-state index contributed by atoms with van der Waals surface area (Å²) in [6.45, 7) is 11.8. The average molecular weight is 358 g/mol. The molecule has 27 heavy (non-hydrogen) atoms. The summed E-state index contributed by atoms with van der Waals surface area (Å²) in [5.41, 5.74) is 7.14. The van der Waals surface area contributed by atoms with Crippen LogP contribution in [0, 0.1) is 20.4 Å². The van der Waals surface area contributed by atoms with Crippen molar-refractivity contribution in [2.24, 2.45) is 0 Å². The Morgan fingerprint density at radius 3 is 2.52 bits per heavy atom. The normalized spacial score (nSPS) is 19.9. The molecule has 138 valence electrons. The summed E-state index contributed by atoms with van der Waals surface area (Å²) in [6.07, 6.45) is 7.18. The zero-order valence-electron chi connectivity index (χ0n) is 16.4. The van der Waals surface area contributed by atoms with Crippen LogP contribution < -0.4 is 5.32 Å². The van der Waals surface area contributed by atoms with E-state index in [0.717, 1.165) is 0 Å². The minimum absolute atomic E-state index is 0.537. The molecule has 0 saturated heterocycles. The molecule has 1 aliphatic rings. The first kappa shape index (κ1) is 17.8. The summed E-state index contributed by atoms with van der Waals surface area (Å²) in [5.74, 6) is 0. The minimum atomic E-state index is 0.537. The van der Waals surface area contributed by atoms with E-state index in [0.29, 0.717) is 17.8 Å². The molecule has 1 aromatic heterocycles. The van der Waals surface area contributed by atoms with E-state index in [4.69, 9.17) is 6.57 Å². The second kappa shape index (κ2) is 7.21. The molecule has 3 aromatic rings. The Bertz CT molecular complexity index is 1010. The molecule has 0 radical (unpaired) electrons. The summed E-state index contributed by atoms with van der Waals surface area (Å²) < 4.78 is 2.48. The van der Waals surface area contributed by atoms with Gasteiger partial charge in [0.05, 0.1) is 6.57 Å². The second-order valence-corrected chi connectivity index (χ2v) is 7.80. The Labute approximate surface area is 161 Å². The standard InChI is InChI=1S/C24H27N3/c1-16-6-5-7-21(17(16)2)23-15-27(20-11-8-18(25-3)9-12-20)24-13-10-19(26-4)14-22(23)24/h5-7,10,13-15,18,20,25H,8-9,11-12H2,1-3H3. The maximum absolute atomic E-state index is 7.43. The van der Waals surface area contributed by atoms with Gasteiger partial charge in [-0.15, -0.1) is 0 Å². The lowest BCUT2D eigenvalue weighted by atomic mass is 9.91. The second-order valence-electron chi connectivity index (χ2n) is 7.80. The molecule has 0 aliphatic heterocycles. The molecule has 2 aromatic carbocycles. The number of nitrogens with zero attached hydrogens (tertiary/aromatic N) is 2. The molecule has 1 N–H and O–H groups in total. The molecule has 1 saturated carbocycles. The first-order valence-electron chi connectivity index (χ1n) is 9.88. The first-order valence-corrected chi connectivity index (χ1v) is 9.88. The maximum atomic E-state index is 7.43. The molecule has 3 heteroatoms. The highest BCUT2D eigenvalue weighted by molar-refractivity contribution is 5.99. The Morgan fingerprint density at radius 1 is 1.04 bits per heavy atom. The third-order valence-electron chi connectivity index (χ3n) is 6.34. The smallest absolute Gasteiger partial charge is 0.188 e. The van der Waals surface area contributed by atoms with E-state index in [-0.39, 0.29) is 0 Å². The van der Waals surface area contributed by atoms with Gasteiger partial charge in [-0.3, -0.25) is 0 Å². The Kier molecular flexibility index (Phi) is 4.76. The van der Waals surface area contributed by atoms with Crippen LogP contribution in [0.2, 0.25) is 0 Å². The number of fused-ring (bicyclic) bond motifs is 1. The van der Waals surface area contributed by atoms with Crippen molar-refractivity contribution < 1.29 is 0 Å². The van der Waals surface area contributed by atoms with E-state index in [1.807, 2.05) is 6.07 Å². The number of hydrogen-bond acceptors (Lipinski definition) is 1. The fourth-order valence-electron chi connectivity index (χ4n) is 4.51. The van der Waals surface area contributed by atoms with Crippen LogP contribution in [0.25, 0.3) is 26.9 Å². The first-order chi connectivity index (χ1) is 13.1. The Balaban J connectivity index is 1.87. The maximum Gasteiger partial charge on any atom is 0.188 e. The van der Waals surface area contributed by atoms with Crippen LogP contribution in [0.4, 0.5) is 5.69 Å². The molecule has 0 amide bonds. The molecule has 3 nitrogen and oxygen atoms in total. The number of rotatable bonds is 3. The third-order valence-corrected chi connectivity index (χ3v) is 6.34. The van der Waals surface area contributed by atoms with Gasteiger partial charge < -0.3 is 9.88 Å². The zero-order valence-corrected chi connectivity index (χ0v) is 16.4. The lowest BCUT2D eigenvalue weighted by Crippen LogP contribution is -2.30. The fourth-order valence-corrected chi connectivity index (χ4v) is 4.51. The largest absolute Gasteiger partial charge is 0.344 e. The Hall–Kier alpha value is -2.57. The highest BCUT2D eigenvalue weighted by Gasteiger charge is 2.24. The minimum Gasteiger partial charge on any atom is -0.344 e. The number of nitrogens with one attached hydrogen (secondary N) is 1. The fraction of sp³-hybridized carbons (Fsp3) is 0.375. The Morgan fingerprint density at radius 2 is 1.81 bits per heavy atom. The zero-order chi connectivity index (χ0) is 19.0. The van der Waals surface area contributed by atoms with Gasteiger partial charge in [-0.2, -0.15) is 0 Å². The number of aromatic nitrogens is 1. The van der Waals surface area contributed by atoms with Crippen LogP contribution in [0.5, 0.6) is 0 Å². The van der Waals surface area contributed by atoms with Crippen LogP contribution >= 0.6 is 0 Å². The molecule has 0 bridgehead atoms. The van der Waals surface area contributed by atoms with E-state index in [1.54, 1.807) is 0 Å². The van der Waals surface area contributed by atoms with Gasteiger partial charge in [-0.05, 0) is 80.8 Å². The van der Waals surface area contributed by atoms with Crippen molar-refractivity contribution in [2.75, 3.05) is 7.05 Å². The SMILES string of the molecule is [C-]#[N+]c1ccc2c(c1)c(-c1cccc(C)c1C)cn2C1CCC(NC)CC1. The topological polar surface area (TPSA) is 21.3 Å². The quantitative estimate of drug-likeness (QED) is 0.555. The van der Waals surface area contributed by atoms with Crippen molar-refractivity contribution in [1.29, 1.82) is 0 Å². The highest BCUT2D eigenvalue weighted by Crippen LogP contribution is 2.39. The van der Waals surface area contributed by atoms with Crippen molar-refractivity contribution in [3.8, 4) is 11.1 Å². The van der Waals surface area contributed by atoms with Gasteiger partial charge >= 0.3 is 0 Å². The predicted molar refractivity (Wildman–Crippen MR) is 113 cm³/mol. The molecule has 4 rings (SSSR count). The van der Waals surface area contributed by atoms with E-state index < -0.39 is 0 Å². The third kappa shape index (κ3) is 3.15. The van der Waals surface area contributed by atoms with Crippen molar-refractivity contribution in [3.63, 3.8) is 0 Å². The van der Waals surface area contributed by atoms with Gasteiger partial charge in [0.2, 0.25) is 0 Å². The summed E-state index contributed by atoms with van der Waals surface area (Å²) in [5, 5.41) is 4.63. The van der Waals surface area contributed by atoms with Crippen molar-refractivity contribution in [3.05, 3.63) is 65.1 Å². The van der Waals surface area contributed by atoms with Crippen LogP contribution in [-0.2, 0) is 0 Å². The van der Waals surface area contributed by atoms with Gasteiger partial charge in [0.15, 0.2) is 5.69 Å². The van der Waals surface area contributed by atoms with Crippen LogP contribution in [0.1, 0.15) is 42.9 Å². The molecular formula is C24H27N3. The van der Waals surface area contributed by atoms with E-state index >= 15 is 0 Å². The summed E-state index contributed by atoms with van der Waals surface area (Å²) in [4.78, 5) is 3.67. The molecular weight excluding hydrogens is 330 g/mol. The number of benzene rings is 2. The van der Waals surface area contributed by atoms with Crippen LogP contribution in [0.15, 0.2) is 42.6 Å². The van der Waals surface area contributed by atoms with Gasteiger partial charge in [0.1, 0.15) is 0 Å².